The predicted molar refractivity (Wildman–Crippen MR) is 119 cm³/mol. The van der Waals surface area contributed by atoms with Crippen LogP contribution in [0.5, 0.6) is 11.5 Å². The molecule has 1 aliphatic rings. The fourth-order valence-corrected chi connectivity index (χ4v) is 3.63. The van der Waals surface area contributed by atoms with Gasteiger partial charge in [-0.1, -0.05) is 25.7 Å². The molecule has 0 N–H and O–H groups in total. The summed E-state index contributed by atoms with van der Waals surface area (Å²) in [5, 5.41) is 4.96. The van der Waals surface area contributed by atoms with E-state index in [2.05, 4.69) is 49.6 Å². The molecule has 2 heterocycles. The third-order valence-electron chi connectivity index (χ3n) is 5.20. The summed E-state index contributed by atoms with van der Waals surface area (Å²) in [6.07, 6.45) is 9.40. The van der Waals surface area contributed by atoms with E-state index in [-0.39, 0.29) is 0 Å². The lowest BCUT2D eigenvalue weighted by molar-refractivity contribution is 0.355. The summed E-state index contributed by atoms with van der Waals surface area (Å²) in [7, 11) is 3.30. The molecule has 0 amide bonds. The number of aryl methyl sites for hydroxylation is 1. The number of methoxy groups -OCH3 is 2. The molecule has 0 atom stereocenters. The van der Waals surface area contributed by atoms with Crippen molar-refractivity contribution in [2.45, 2.75) is 33.1 Å². The lowest BCUT2D eigenvalue weighted by Crippen LogP contribution is -2.22. The van der Waals surface area contributed by atoms with Crippen LogP contribution >= 0.6 is 0 Å². The van der Waals surface area contributed by atoms with Gasteiger partial charge < -0.3 is 14.4 Å². The maximum Gasteiger partial charge on any atom is 0.161 e. The normalized spacial score (nSPS) is 16.1. The van der Waals surface area contributed by atoms with Crippen LogP contribution in [-0.2, 0) is 6.42 Å². The number of benzene rings is 1. The molecule has 0 spiro atoms. The van der Waals surface area contributed by atoms with Crippen molar-refractivity contribution in [3.05, 3.63) is 66.0 Å². The Kier molecular flexibility index (Phi) is 6.81. The quantitative estimate of drug-likeness (QED) is 0.633. The van der Waals surface area contributed by atoms with Crippen LogP contribution in [0, 0.1) is 0 Å². The molecule has 1 aromatic heterocycles. The van der Waals surface area contributed by atoms with Crippen molar-refractivity contribution in [1.82, 2.24) is 14.7 Å². The molecule has 154 valence electrons. The summed E-state index contributed by atoms with van der Waals surface area (Å²) in [5.74, 6) is 1.42. The summed E-state index contributed by atoms with van der Waals surface area (Å²) in [4.78, 5) is 2.29. The van der Waals surface area contributed by atoms with Crippen LogP contribution in [0.4, 0.5) is 0 Å². The second kappa shape index (κ2) is 9.50. The highest BCUT2D eigenvalue weighted by atomic mass is 16.5. The Labute approximate surface area is 173 Å². The Bertz CT molecular complexity index is 924. The summed E-state index contributed by atoms with van der Waals surface area (Å²) in [5.41, 5.74) is 5.13. The van der Waals surface area contributed by atoms with Crippen molar-refractivity contribution in [2.75, 3.05) is 27.3 Å². The lowest BCUT2D eigenvalue weighted by atomic mass is 10.1. The Morgan fingerprint density at radius 3 is 2.66 bits per heavy atom. The number of fused-ring (bicyclic) bond motifs is 1. The minimum absolute atomic E-state index is 0.704. The fourth-order valence-electron chi connectivity index (χ4n) is 3.63. The molecule has 2 aromatic rings. The van der Waals surface area contributed by atoms with Crippen molar-refractivity contribution < 1.29 is 9.47 Å². The average molecular weight is 394 g/mol. The van der Waals surface area contributed by atoms with E-state index in [9.17, 15) is 0 Å². The first-order chi connectivity index (χ1) is 14.1. The number of aromatic nitrogens is 2. The third-order valence-corrected chi connectivity index (χ3v) is 5.20. The highest BCUT2D eigenvalue weighted by Crippen LogP contribution is 2.32. The largest absolute Gasteiger partial charge is 0.493 e. The molecule has 0 unspecified atom stereocenters. The zero-order chi connectivity index (χ0) is 20.8. The Balaban J connectivity index is 2.05. The molecule has 0 saturated heterocycles. The van der Waals surface area contributed by atoms with Gasteiger partial charge in [0.25, 0.3) is 0 Å². The van der Waals surface area contributed by atoms with E-state index in [1.165, 1.54) is 5.69 Å². The van der Waals surface area contributed by atoms with Gasteiger partial charge in [0.1, 0.15) is 5.69 Å². The molecule has 0 saturated carbocycles. The smallest absolute Gasteiger partial charge is 0.161 e. The van der Waals surface area contributed by atoms with Crippen molar-refractivity contribution in [3.63, 3.8) is 0 Å². The zero-order valence-electron chi connectivity index (χ0n) is 17.9. The van der Waals surface area contributed by atoms with Crippen molar-refractivity contribution in [2.24, 2.45) is 0 Å². The molecular weight excluding hydrogens is 362 g/mol. The van der Waals surface area contributed by atoms with E-state index in [0.29, 0.717) is 11.5 Å². The molecular formula is C24H31N3O2. The topological polar surface area (TPSA) is 39.5 Å². The molecule has 3 rings (SSSR count). The van der Waals surface area contributed by atoms with Gasteiger partial charge in [-0.15, -0.1) is 0 Å². The average Bonchev–Trinajstić information content (AvgIpc) is 3.14. The number of hydrogen-bond acceptors (Lipinski definition) is 4. The lowest BCUT2D eigenvalue weighted by Gasteiger charge is -2.23. The van der Waals surface area contributed by atoms with E-state index in [1.807, 2.05) is 22.9 Å². The van der Waals surface area contributed by atoms with Gasteiger partial charge in [-0.05, 0) is 56.5 Å². The molecule has 5 nitrogen and oxygen atoms in total. The van der Waals surface area contributed by atoms with E-state index in [0.717, 1.165) is 55.0 Å². The molecule has 0 aliphatic carbocycles. The highest BCUT2D eigenvalue weighted by molar-refractivity contribution is 5.71. The second-order valence-corrected chi connectivity index (χ2v) is 7.05. The summed E-state index contributed by atoms with van der Waals surface area (Å²) < 4.78 is 12.9. The maximum absolute atomic E-state index is 5.51. The summed E-state index contributed by atoms with van der Waals surface area (Å²) in [6.45, 7) is 10.6. The first-order valence-electron chi connectivity index (χ1n) is 10.3. The minimum atomic E-state index is 0.704. The molecule has 0 fully saturated rings. The maximum atomic E-state index is 5.51. The van der Waals surface area contributed by atoms with E-state index < -0.39 is 0 Å². The van der Waals surface area contributed by atoms with E-state index >= 15 is 0 Å². The monoisotopic (exact) mass is 393 g/mol. The fraction of sp³-hybridized carbons (Fsp3) is 0.375. The van der Waals surface area contributed by atoms with Gasteiger partial charge >= 0.3 is 0 Å². The van der Waals surface area contributed by atoms with Gasteiger partial charge in [-0.3, -0.25) is 0 Å². The van der Waals surface area contributed by atoms with E-state index in [1.54, 1.807) is 14.2 Å². The van der Waals surface area contributed by atoms with E-state index in [4.69, 9.17) is 14.6 Å². The van der Waals surface area contributed by atoms with Crippen molar-refractivity contribution in [1.29, 1.82) is 0 Å². The van der Waals surface area contributed by atoms with Gasteiger partial charge in [0.2, 0.25) is 0 Å². The van der Waals surface area contributed by atoms with Crippen LogP contribution in [0.15, 0.2) is 49.1 Å². The second-order valence-electron chi connectivity index (χ2n) is 7.05. The first-order valence-corrected chi connectivity index (χ1v) is 10.3. The molecule has 29 heavy (non-hydrogen) atoms. The minimum Gasteiger partial charge on any atom is -0.493 e. The van der Waals surface area contributed by atoms with Gasteiger partial charge in [0, 0.05) is 24.3 Å². The van der Waals surface area contributed by atoms with Crippen LogP contribution in [-0.4, -0.2) is 42.0 Å². The number of ether oxygens (including phenoxy) is 2. The number of allylic oxidation sites excluding steroid dienone is 3. The predicted octanol–water partition coefficient (Wildman–Crippen LogP) is 4.99. The molecule has 1 aliphatic heterocycles. The molecule has 0 radical (unpaired) electrons. The van der Waals surface area contributed by atoms with Crippen molar-refractivity contribution in [3.8, 4) is 11.5 Å². The number of rotatable bonds is 8. The molecule has 5 heteroatoms. The van der Waals surface area contributed by atoms with Gasteiger partial charge in [-0.25, -0.2) is 4.68 Å². The van der Waals surface area contributed by atoms with Gasteiger partial charge in [0.05, 0.1) is 25.6 Å². The van der Waals surface area contributed by atoms with Crippen LogP contribution < -0.4 is 9.47 Å². The van der Waals surface area contributed by atoms with Crippen LogP contribution in [0.2, 0.25) is 0 Å². The zero-order valence-corrected chi connectivity index (χ0v) is 17.9. The van der Waals surface area contributed by atoms with Crippen molar-refractivity contribution >= 4 is 11.4 Å². The Morgan fingerprint density at radius 2 is 1.97 bits per heavy atom. The highest BCUT2D eigenvalue weighted by Gasteiger charge is 2.18. The Morgan fingerprint density at radius 1 is 1.17 bits per heavy atom. The Hall–Kier alpha value is -2.95. The molecule has 1 aromatic carbocycles. The summed E-state index contributed by atoms with van der Waals surface area (Å²) >= 11 is 0. The van der Waals surface area contributed by atoms with Crippen LogP contribution in [0.25, 0.3) is 11.4 Å². The van der Waals surface area contributed by atoms with Crippen LogP contribution in [0.1, 0.15) is 43.6 Å². The standard InChI is InChI=1S/C24H31N3O2/c1-6-15-26(7-2)18(3)21-17-20-11-9-8-10-12-22(27(20)25-21)19-13-14-23(28-4)24(16-19)29-5/h8,10,12-14,16-17H,3,6-7,9,11,15H2,1-2,4-5H3/b10-8-,22-12-. The molecule has 0 bridgehead atoms. The van der Waals surface area contributed by atoms with Gasteiger partial charge in [-0.2, -0.15) is 5.10 Å². The number of nitrogens with zero attached hydrogens (tertiary/aromatic N) is 3. The third kappa shape index (κ3) is 4.39. The van der Waals surface area contributed by atoms with Crippen LogP contribution in [0.3, 0.4) is 0 Å². The first kappa shape index (κ1) is 20.8. The SMILES string of the molecule is C=C(c1cc2n(n1)/C(c1ccc(OC)c(OC)c1)=C\C=C/CC2)N(CC)CCC. The number of hydrogen-bond donors (Lipinski definition) is 0. The summed E-state index contributed by atoms with van der Waals surface area (Å²) in [6, 6.07) is 8.14. The van der Waals surface area contributed by atoms with Gasteiger partial charge in [0.15, 0.2) is 11.5 Å².